The van der Waals surface area contributed by atoms with E-state index in [1.807, 2.05) is 6.07 Å². The number of fused-ring (bicyclic) bond motifs is 1. The van der Waals surface area contributed by atoms with Crippen LogP contribution in [-0.2, 0) is 12.6 Å². The molecule has 1 unspecified atom stereocenters. The van der Waals surface area contributed by atoms with Gasteiger partial charge in [0.05, 0.1) is 5.56 Å². The standard InChI is InChI=1S/C15H14F4N2/c16-12-5-4-9(8-11(12)15(17,18)19)21-7-6-10-13(20)2-1-3-14(10)21/h4-8,13H,1-3,20H2. The smallest absolute Gasteiger partial charge is 0.324 e. The summed E-state index contributed by atoms with van der Waals surface area (Å²) in [4.78, 5) is 0. The van der Waals surface area contributed by atoms with Crippen molar-refractivity contribution in [2.45, 2.75) is 31.5 Å². The lowest BCUT2D eigenvalue weighted by atomic mass is 9.93. The Morgan fingerprint density at radius 2 is 1.95 bits per heavy atom. The van der Waals surface area contributed by atoms with Crippen LogP contribution in [-0.4, -0.2) is 4.57 Å². The highest BCUT2D eigenvalue weighted by atomic mass is 19.4. The van der Waals surface area contributed by atoms with E-state index in [2.05, 4.69) is 0 Å². The third-order valence-electron chi connectivity index (χ3n) is 3.89. The molecule has 1 heterocycles. The summed E-state index contributed by atoms with van der Waals surface area (Å²) in [6.45, 7) is 0. The average Bonchev–Trinajstić information content (AvgIpc) is 2.83. The Balaban J connectivity index is 2.10. The van der Waals surface area contributed by atoms with Crippen molar-refractivity contribution in [3.05, 3.63) is 53.1 Å². The molecule has 0 spiro atoms. The van der Waals surface area contributed by atoms with E-state index < -0.39 is 17.6 Å². The lowest BCUT2D eigenvalue weighted by Gasteiger charge is -2.21. The highest BCUT2D eigenvalue weighted by Crippen LogP contribution is 2.35. The fourth-order valence-electron chi connectivity index (χ4n) is 2.85. The van der Waals surface area contributed by atoms with Gasteiger partial charge in [-0.25, -0.2) is 4.39 Å². The van der Waals surface area contributed by atoms with Gasteiger partial charge in [0.2, 0.25) is 0 Å². The summed E-state index contributed by atoms with van der Waals surface area (Å²) in [5, 5.41) is 0. The first-order chi connectivity index (χ1) is 9.88. The van der Waals surface area contributed by atoms with Gasteiger partial charge in [-0.2, -0.15) is 13.2 Å². The third kappa shape index (κ3) is 2.44. The van der Waals surface area contributed by atoms with Crippen molar-refractivity contribution in [3.63, 3.8) is 0 Å². The molecule has 2 N–H and O–H groups in total. The second-order valence-corrected chi connectivity index (χ2v) is 5.25. The highest BCUT2D eigenvalue weighted by molar-refractivity contribution is 5.43. The van der Waals surface area contributed by atoms with Crippen molar-refractivity contribution in [3.8, 4) is 5.69 Å². The number of benzene rings is 1. The number of rotatable bonds is 1. The zero-order valence-electron chi connectivity index (χ0n) is 11.1. The van der Waals surface area contributed by atoms with Crippen LogP contribution >= 0.6 is 0 Å². The Morgan fingerprint density at radius 1 is 1.19 bits per heavy atom. The third-order valence-corrected chi connectivity index (χ3v) is 3.89. The topological polar surface area (TPSA) is 30.9 Å². The molecule has 1 aromatic carbocycles. The number of hydrogen-bond acceptors (Lipinski definition) is 1. The van der Waals surface area contributed by atoms with Crippen LogP contribution in [0.15, 0.2) is 30.5 Å². The first-order valence-electron chi connectivity index (χ1n) is 6.71. The average molecular weight is 298 g/mol. The van der Waals surface area contributed by atoms with Gasteiger partial charge in [-0.05, 0) is 49.1 Å². The second-order valence-electron chi connectivity index (χ2n) is 5.25. The zero-order chi connectivity index (χ0) is 15.2. The van der Waals surface area contributed by atoms with E-state index >= 15 is 0 Å². The number of alkyl halides is 3. The molecule has 1 aliphatic rings. The van der Waals surface area contributed by atoms with E-state index in [-0.39, 0.29) is 6.04 Å². The Kier molecular flexibility index (Phi) is 3.28. The van der Waals surface area contributed by atoms with E-state index in [0.29, 0.717) is 5.69 Å². The summed E-state index contributed by atoms with van der Waals surface area (Å²) in [6.07, 6.45) is -0.485. The Hall–Kier alpha value is -1.82. The van der Waals surface area contributed by atoms with Crippen molar-refractivity contribution in [1.82, 2.24) is 4.57 Å². The minimum absolute atomic E-state index is 0.0856. The summed E-state index contributed by atoms with van der Waals surface area (Å²) in [5.41, 5.74) is 6.93. The first-order valence-corrected chi connectivity index (χ1v) is 6.71. The summed E-state index contributed by atoms with van der Waals surface area (Å²) in [6, 6.07) is 4.79. The summed E-state index contributed by atoms with van der Waals surface area (Å²) < 4.78 is 53.4. The molecule has 1 aliphatic carbocycles. The van der Waals surface area contributed by atoms with Crippen LogP contribution in [0.4, 0.5) is 17.6 Å². The molecule has 0 radical (unpaired) electrons. The fraction of sp³-hybridized carbons (Fsp3) is 0.333. The van der Waals surface area contributed by atoms with E-state index in [0.717, 1.165) is 42.7 Å². The molecule has 0 bridgehead atoms. The van der Waals surface area contributed by atoms with Crippen molar-refractivity contribution < 1.29 is 17.6 Å². The normalized spacial score (nSPS) is 18.6. The van der Waals surface area contributed by atoms with Crippen LogP contribution in [0.3, 0.4) is 0 Å². The number of halogens is 4. The van der Waals surface area contributed by atoms with Crippen molar-refractivity contribution in [1.29, 1.82) is 0 Å². The second kappa shape index (κ2) is 4.87. The summed E-state index contributed by atoms with van der Waals surface area (Å²) in [7, 11) is 0. The Morgan fingerprint density at radius 3 is 2.67 bits per heavy atom. The molecule has 6 heteroatoms. The molecule has 112 valence electrons. The molecule has 0 saturated carbocycles. The highest BCUT2D eigenvalue weighted by Gasteiger charge is 2.34. The largest absolute Gasteiger partial charge is 0.419 e. The van der Waals surface area contributed by atoms with Crippen LogP contribution in [0.25, 0.3) is 5.69 Å². The molecule has 2 aromatic rings. The van der Waals surface area contributed by atoms with Gasteiger partial charge in [0.1, 0.15) is 5.82 Å². The van der Waals surface area contributed by atoms with E-state index in [4.69, 9.17) is 5.73 Å². The molecule has 1 aromatic heterocycles. The minimum atomic E-state index is -4.70. The van der Waals surface area contributed by atoms with Gasteiger partial charge in [0.15, 0.2) is 0 Å². The molecular weight excluding hydrogens is 284 g/mol. The lowest BCUT2D eigenvalue weighted by Crippen LogP contribution is -2.18. The van der Waals surface area contributed by atoms with Gasteiger partial charge in [-0.15, -0.1) is 0 Å². The quantitative estimate of drug-likeness (QED) is 0.793. The van der Waals surface area contributed by atoms with Gasteiger partial charge >= 0.3 is 6.18 Å². The van der Waals surface area contributed by atoms with Crippen LogP contribution in [0, 0.1) is 5.82 Å². The van der Waals surface area contributed by atoms with Gasteiger partial charge in [0, 0.05) is 23.6 Å². The molecule has 3 rings (SSSR count). The monoisotopic (exact) mass is 298 g/mol. The van der Waals surface area contributed by atoms with Crippen molar-refractivity contribution in [2.75, 3.05) is 0 Å². The molecule has 1 atom stereocenters. The number of nitrogens with two attached hydrogens (primary N) is 1. The predicted octanol–water partition coefficient (Wildman–Crippen LogP) is 3.97. The van der Waals surface area contributed by atoms with Crippen LogP contribution in [0.5, 0.6) is 0 Å². The lowest BCUT2D eigenvalue weighted by molar-refractivity contribution is -0.140. The van der Waals surface area contributed by atoms with E-state index in [9.17, 15) is 17.6 Å². The van der Waals surface area contributed by atoms with Crippen LogP contribution < -0.4 is 5.73 Å². The minimum Gasteiger partial charge on any atom is -0.324 e. The van der Waals surface area contributed by atoms with E-state index in [1.54, 1.807) is 10.8 Å². The fourth-order valence-corrected chi connectivity index (χ4v) is 2.85. The van der Waals surface area contributed by atoms with Crippen LogP contribution in [0.1, 0.15) is 35.7 Å². The maximum Gasteiger partial charge on any atom is 0.419 e. The van der Waals surface area contributed by atoms with Gasteiger partial charge in [-0.1, -0.05) is 0 Å². The maximum atomic E-state index is 13.4. The van der Waals surface area contributed by atoms with Gasteiger partial charge in [0.25, 0.3) is 0 Å². The molecule has 0 amide bonds. The van der Waals surface area contributed by atoms with E-state index in [1.165, 1.54) is 6.07 Å². The summed E-state index contributed by atoms with van der Waals surface area (Å²) in [5.74, 6) is -1.26. The maximum absolute atomic E-state index is 13.4. The van der Waals surface area contributed by atoms with Gasteiger partial charge < -0.3 is 10.3 Å². The molecule has 21 heavy (non-hydrogen) atoms. The SMILES string of the molecule is NC1CCCc2c1ccn2-c1ccc(F)c(C(F)(F)F)c1. The van der Waals surface area contributed by atoms with Crippen LogP contribution in [0.2, 0.25) is 0 Å². The molecule has 2 nitrogen and oxygen atoms in total. The molecule has 0 aliphatic heterocycles. The van der Waals surface area contributed by atoms with Crippen molar-refractivity contribution >= 4 is 0 Å². The Labute approximate surface area is 119 Å². The summed E-state index contributed by atoms with van der Waals surface area (Å²) >= 11 is 0. The van der Waals surface area contributed by atoms with Crippen molar-refractivity contribution in [2.24, 2.45) is 5.73 Å². The molecule has 0 saturated heterocycles. The number of nitrogens with zero attached hydrogens (tertiary/aromatic N) is 1. The molecule has 0 fully saturated rings. The van der Waals surface area contributed by atoms with Gasteiger partial charge in [-0.3, -0.25) is 0 Å². The zero-order valence-corrected chi connectivity index (χ0v) is 11.1. The number of aromatic nitrogens is 1. The Bertz CT molecular complexity index is 673. The number of hydrogen-bond donors (Lipinski definition) is 1. The molecular formula is C15H14F4N2. The predicted molar refractivity (Wildman–Crippen MR) is 70.6 cm³/mol. The first kappa shape index (κ1) is 14.1.